The summed E-state index contributed by atoms with van der Waals surface area (Å²) in [5, 5.41) is 12.1. The Labute approximate surface area is 213 Å². The van der Waals surface area contributed by atoms with E-state index < -0.39 is 24.5 Å². The number of piperazine rings is 1. The summed E-state index contributed by atoms with van der Waals surface area (Å²) in [5.74, 6) is 0.312. The van der Waals surface area contributed by atoms with Crippen LogP contribution in [0.5, 0.6) is 5.88 Å². The van der Waals surface area contributed by atoms with Crippen LogP contribution in [-0.4, -0.2) is 69.6 Å². The SMILES string of the molecule is N#Cc1c(-c2ccc(N3CC4CC(C3)N4Cc3ccc(OC(F)(F)F)nc3)nc2)nc(NCCF)[nH]c1=O. The first-order valence-corrected chi connectivity index (χ1v) is 11.8. The maximum atomic E-state index is 12.5. The molecule has 3 aromatic rings. The van der Waals surface area contributed by atoms with E-state index in [1.165, 1.54) is 12.3 Å². The minimum atomic E-state index is -4.78. The molecular weight excluding hydrogens is 508 g/mol. The van der Waals surface area contributed by atoms with Crippen molar-refractivity contribution < 1.29 is 22.3 Å². The largest absolute Gasteiger partial charge is 0.574 e. The van der Waals surface area contributed by atoms with Gasteiger partial charge in [-0.25, -0.2) is 19.3 Å². The molecule has 3 saturated heterocycles. The number of piperidine rings is 1. The molecule has 2 N–H and O–H groups in total. The van der Waals surface area contributed by atoms with Gasteiger partial charge < -0.3 is 15.0 Å². The van der Waals surface area contributed by atoms with Gasteiger partial charge in [0.2, 0.25) is 11.8 Å². The second-order valence-electron chi connectivity index (χ2n) is 8.94. The van der Waals surface area contributed by atoms with Gasteiger partial charge in [0.15, 0.2) is 0 Å². The van der Waals surface area contributed by atoms with Crippen molar-refractivity contribution in [1.82, 2.24) is 24.8 Å². The van der Waals surface area contributed by atoms with E-state index in [0.29, 0.717) is 12.1 Å². The topological polar surface area (TPSA) is 123 Å². The molecule has 198 valence electrons. The number of halogens is 4. The molecule has 0 spiro atoms. The van der Waals surface area contributed by atoms with Crippen molar-refractivity contribution in [2.24, 2.45) is 0 Å². The number of H-pyrrole nitrogens is 1. The van der Waals surface area contributed by atoms with Crippen molar-refractivity contribution in [3.63, 3.8) is 0 Å². The lowest BCUT2D eigenvalue weighted by Crippen LogP contribution is -2.68. The quantitative estimate of drug-likeness (QED) is 0.423. The number of pyridine rings is 2. The second kappa shape index (κ2) is 10.3. The van der Waals surface area contributed by atoms with Crippen molar-refractivity contribution in [2.45, 2.75) is 31.4 Å². The molecular formula is C24H22F4N8O2. The number of hydrogen-bond donors (Lipinski definition) is 2. The van der Waals surface area contributed by atoms with E-state index in [-0.39, 0.29) is 35.8 Å². The van der Waals surface area contributed by atoms with E-state index in [2.05, 4.69) is 39.8 Å². The van der Waals surface area contributed by atoms with Crippen molar-refractivity contribution >= 4 is 11.8 Å². The highest BCUT2D eigenvalue weighted by Crippen LogP contribution is 2.36. The number of nitrogens with one attached hydrogen (secondary N) is 2. The van der Waals surface area contributed by atoms with Gasteiger partial charge in [0.25, 0.3) is 5.56 Å². The summed E-state index contributed by atoms with van der Waals surface area (Å²) in [6.45, 7) is 1.32. The highest BCUT2D eigenvalue weighted by molar-refractivity contribution is 5.67. The van der Waals surface area contributed by atoms with Gasteiger partial charge in [0.05, 0.1) is 5.69 Å². The number of hydrogen-bond acceptors (Lipinski definition) is 9. The zero-order valence-electron chi connectivity index (χ0n) is 19.9. The molecule has 2 unspecified atom stereocenters. The highest BCUT2D eigenvalue weighted by Gasteiger charge is 2.44. The van der Waals surface area contributed by atoms with Gasteiger partial charge in [-0.15, -0.1) is 13.2 Å². The maximum absolute atomic E-state index is 12.5. The van der Waals surface area contributed by atoms with Crippen LogP contribution < -0.4 is 20.5 Å². The highest BCUT2D eigenvalue weighted by atomic mass is 19.4. The molecule has 14 heteroatoms. The molecule has 6 heterocycles. The number of rotatable bonds is 8. The van der Waals surface area contributed by atoms with Crippen LogP contribution in [0.4, 0.5) is 29.3 Å². The predicted octanol–water partition coefficient (Wildman–Crippen LogP) is 2.84. The van der Waals surface area contributed by atoms with Crippen molar-refractivity contribution in [2.75, 3.05) is 36.5 Å². The normalized spacial score (nSPS) is 19.0. The number of alkyl halides is 4. The molecule has 0 aromatic carbocycles. The first kappa shape index (κ1) is 25.4. The molecule has 2 atom stereocenters. The standard InChI is InChI=1S/C24H22F4N8O2/c25-5-6-30-23-33-21(18(8-29)22(37)34-23)15-2-3-19(31-10-15)35-12-16-7-17(13-35)36(16)11-14-1-4-20(32-9-14)38-24(26,27)28/h1-4,9-10,16-17H,5-7,11-13H2,(H2,30,33,34,37). The summed E-state index contributed by atoms with van der Waals surface area (Å²) in [4.78, 5) is 31.7. The van der Waals surface area contributed by atoms with Crippen LogP contribution in [0.1, 0.15) is 17.5 Å². The summed E-state index contributed by atoms with van der Waals surface area (Å²) in [5.41, 5.74) is 0.646. The first-order chi connectivity index (χ1) is 18.2. The number of fused-ring (bicyclic) bond motifs is 2. The molecule has 0 aliphatic carbocycles. The molecule has 38 heavy (non-hydrogen) atoms. The molecule has 3 aliphatic rings. The Morgan fingerprint density at radius 1 is 1.16 bits per heavy atom. The van der Waals surface area contributed by atoms with Crippen molar-refractivity contribution in [1.29, 1.82) is 5.26 Å². The predicted molar refractivity (Wildman–Crippen MR) is 128 cm³/mol. The van der Waals surface area contributed by atoms with Crippen molar-refractivity contribution in [3.8, 4) is 23.2 Å². The summed E-state index contributed by atoms with van der Waals surface area (Å²) in [6, 6.07) is 8.69. The number of anilines is 2. The third kappa shape index (κ3) is 5.37. The van der Waals surface area contributed by atoms with Crippen LogP contribution in [0, 0.1) is 11.3 Å². The molecule has 3 fully saturated rings. The van der Waals surface area contributed by atoms with Gasteiger partial charge in [-0.3, -0.25) is 14.7 Å². The molecule has 10 nitrogen and oxygen atoms in total. The number of nitriles is 1. The Balaban J connectivity index is 1.24. The van der Waals surface area contributed by atoms with E-state index in [0.717, 1.165) is 30.9 Å². The van der Waals surface area contributed by atoms with Gasteiger partial charge in [-0.05, 0) is 24.1 Å². The third-order valence-corrected chi connectivity index (χ3v) is 6.49. The smallest absolute Gasteiger partial charge is 0.388 e. The average Bonchev–Trinajstić information content (AvgIpc) is 2.90. The van der Waals surface area contributed by atoms with Gasteiger partial charge in [-0.2, -0.15) is 5.26 Å². The van der Waals surface area contributed by atoms with Crippen LogP contribution in [0.15, 0.2) is 41.5 Å². The molecule has 0 saturated carbocycles. The Kier molecular flexibility index (Phi) is 6.85. The van der Waals surface area contributed by atoms with Gasteiger partial charge >= 0.3 is 6.36 Å². The summed E-state index contributed by atoms with van der Waals surface area (Å²) in [7, 11) is 0. The summed E-state index contributed by atoms with van der Waals surface area (Å²) >= 11 is 0. The van der Waals surface area contributed by atoms with E-state index in [1.54, 1.807) is 24.4 Å². The fraction of sp³-hybridized carbons (Fsp3) is 0.375. The zero-order chi connectivity index (χ0) is 26.9. The fourth-order valence-corrected chi connectivity index (χ4v) is 4.78. The first-order valence-electron chi connectivity index (χ1n) is 11.8. The molecule has 0 radical (unpaired) electrons. The summed E-state index contributed by atoms with van der Waals surface area (Å²) in [6.07, 6.45) is -0.828. The van der Waals surface area contributed by atoms with Gasteiger partial charge in [0, 0.05) is 62.3 Å². The second-order valence-corrected chi connectivity index (χ2v) is 8.94. The monoisotopic (exact) mass is 530 g/mol. The number of ether oxygens (including phenoxy) is 1. The van der Waals surface area contributed by atoms with E-state index in [1.807, 2.05) is 6.07 Å². The summed E-state index contributed by atoms with van der Waals surface area (Å²) < 4.78 is 53.3. The lowest BCUT2D eigenvalue weighted by Gasteiger charge is -2.56. The van der Waals surface area contributed by atoms with Crippen LogP contribution >= 0.6 is 0 Å². The number of aromatic amines is 1. The zero-order valence-corrected chi connectivity index (χ0v) is 19.9. The average molecular weight is 530 g/mol. The maximum Gasteiger partial charge on any atom is 0.574 e. The Bertz CT molecular complexity index is 1380. The van der Waals surface area contributed by atoms with Gasteiger partial charge in [-0.1, -0.05) is 6.07 Å². The Morgan fingerprint density at radius 2 is 1.95 bits per heavy atom. The Morgan fingerprint density at radius 3 is 2.55 bits per heavy atom. The molecule has 3 aromatic heterocycles. The fourth-order valence-electron chi connectivity index (χ4n) is 4.78. The van der Waals surface area contributed by atoms with Crippen LogP contribution in [-0.2, 0) is 6.54 Å². The molecule has 0 amide bonds. The van der Waals surface area contributed by atoms with Crippen LogP contribution in [0.3, 0.4) is 0 Å². The Hall–Kier alpha value is -4.25. The third-order valence-electron chi connectivity index (χ3n) is 6.49. The van der Waals surface area contributed by atoms with Crippen molar-refractivity contribution in [3.05, 3.63) is 58.1 Å². The van der Waals surface area contributed by atoms with Crippen LogP contribution in [0.2, 0.25) is 0 Å². The van der Waals surface area contributed by atoms with E-state index >= 15 is 0 Å². The van der Waals surface area contributed by atoms with E-state index in [4.69, 9.17) is 0 Å². The van der Waals surface area contributed by atoms with E-state index in [9.17, 15) is 27.6 Å². The number of nitrogens with zero attached hydrogens (tertiary/aromatic N) is 6. The minimum absolute atomic E-state index is 0.0337. The molecule has 3 aliphatic heterocycles. The van der Waals surface area contributed by atoms with Gasteiger partial charge in [0.1, 0.15) is 24.1 Å². The lowest BCUT2D eigenvalue weighted by atomic mass is 9.87. The molecule has 2 bridgehead atoms. The lowest BCUT2D eigenvalue weighted by molar-refractivity contribution is -0.276. The molecule has 6 rings (SSSR count). The minimum Gasteiger partial charge on any atom is -0.388 e. The van der Waals surface area contributed by atoms with Crippen LogP contribution in [0.25, 0.3) is 11.3 Å². The number of aromatic nitrogens is 4.